The normalized spacial score (nSPS) is 14.8. The van der Waals surface area contributed by atoms with Crippen molar-refractivity contribution in [3.05, 3.63) is 24.3 Å². The van der Waals surface area contributed by atoms with Crippen molar-refractivity contribution >= 4 is 17.8 Å². The van der Waals surface area contributed by atoms with Gasteiger partial charge in [-0.1, -0.05) is 0 Å². The Morgan fingerprint density at radius 1 is 1.23 bits per heavy atom. The van der Waals surface area contributed by atoms with E-state index in [0.717, 1.165) is 0 Å². The van der Waals surface area contributed by atoms with Gasteiger partial charge >= 0.3 is 5.97 Å². The van der Waals surface area contributed by atoms with Gasteiger partial charge in [-0.05, 0) is 26.7 Å². The molecule has 0 N–H and O–H groups in total. The molecule has 0 atom stereocenters. The zero-order valence-corrected chi connectivity index (χ0v) is 15.4. The summed E-state index contributed by atoms with van der Waals surface area (Å²) in [6.45, 7) is 5.96. The van der Waals surface area contributed by atoms with Gasteiger partial charge in [0.05, 0.1) is 18.7 Å². The van der Waals surface area contributed by atoms with E-state index < -0.39 is 0 Å². The maximum Gasteiger partial charge on any atom is 0.309 e. The van der Waals surface area contributed by atoms with Crippen LogP contribution in [0.25, 0.3) is 0 Å². The van der Waals surface area contributed by atoms with E-state index in [0.29, 0.717) is 45.6 Å². The molecule has 0 aliphatic carbocycles. The quantitative estimate of drug-likeness (QED) is 0.675. The monoisotopic (exact) mass is 362 g/mol. The van der Waals surface area contributed by atoms with Crippen molar-refractivity contribution in [1.82, 2.24) is 19.8 Å². The maximum absolute atomic E-state index is 12.4. The van der Waals surface area contributed by atoms with Crippen LogP contribution in [-0.2, 0) is 14.3 Å². The summed E-state index contributed by atoms with van der Waals surface area (Å²) in [5.74, 6) is -0.525. The molecule has 0 aromatic carbocycles. The van der Waals surface area contributed by atoms with Gasteiger partial charge in [-0.15, -0.1) is 0 Å². The second-order valence-corrected chi connectivity index (χ2v) is 6.13. The van der Waals surface area contributed by atoms with Crippen molar-refractivity contribution in [2.24, 2.45) is 5.92 Å². The third-order valence-electron chi connectivity index (χ3n) is 4.51. The van der Waals surface area contributed by atoms with Gasteiger partial charge in [0.1, 0.15) is 5.69 Å². The Bertz CT molecular complexity index is 615. The number of hydrogen-bond donors (Lipinski definition) is 0. The average molecular weight is 362 g/mol. The molecule has 1 aliphatic heterocycles. The molecule has 8 nitrogen and oxygen atoms in total. The molecule has 0 spiro atoms. The summed E-state index contributed by atoms with van der Waals surface area (Å²) < 4.78 is 5.04. The Balaban J connectivity index is 1.80. The number of ether oxygens (including phenoxy) is 1. The Labute approximate surface area is 153 Å². The summed E-state index contributed by atoms with van der Waals surface area (Å²) in [6, 6.07) is 0. The maximum atomic E-state index is 12.4. The minimum absolute atomic E-state index is 0.00213. The zero-order chi connectivity index (χ0) is 18.9. The molecule has 8 heteroatoms. The lowest BCUT2D eigenvalue weighted by Gasteiger charge is -2.31. The minimum Gasteiger partial charge on any atom is -0.466 e. The molecule has 1 aromatic heterocycles. The highest BCUT2D eigenvalue weighted by atomic mass is 16.5. The first kappa shape index (κ1) is 19.8. The van der Waals surface area contributed by atoms with Crippen LogP contribution in [0, 0.1) is 5.92 Å². The number of rotatable bonds is 7. The molecule has 0 radical (unpaired) electrons. The van der Waals surface area contributed by atoms with Crippen molar-refractivity contribution in [2.45, 2.75) is 33.1 Å². The summed E-state index contributed by atoms with van der Waals surface area (Å²) >= 11 is 0. The SMILES string of the molecule is CCOC(=O)C1CCN(C(=O)CCN(CC)C(=O)c2cnccn2)CC1. The van der Waals surface area contributed by atoms with Gasteiger partial charge in [-0.25, -0.2) is 4.98 Å². The Morgan fingerprint density at radius 2 is 1.96 bits per heavy atom. The summed E-state index contributed by atoms with van der Waals surface area (Å²) in [6.07, 6.45) is 5.91. The van der Waals surface area contributed by atoms with Crippen LogP contribution in [0.1, 0.15) is 43.6 Å². The van der Waals surface area contributed by atoms with E-state index >= 15 is 0 Å². The van der Waals surface area contributed by atoms with Gasteiger partial charge in [0.15, 0.2) is 0 Å². The molecular formula is C18H26N4O4. The number of aromatic nitrogens is 2. The van der Waals surface area contributed by atoms with Crippen LogP contribution in [-0.4, -0.2) is 70.3 Å². The second kappa shape index (κ2) is 9.84. The van der Waals surface area contributed by atoms with Crippen LogP contribution < -0.4 is 0 Å². The molecule has 2 amide bonds. The van der Waals surface area contributed by atoms with Crippen molar-refractivity contribution in [3.63, 3.8) is 0 Å². The Morgan fingerprint density at radius 3 is 2.54 bits per heavy atom. The van der Waals surface area contributed by atoms with E-state index in [1.165, 1.54) is 18.6 Å². The zero-order valence-electron chi connectivity index (χ0n) is 15.4. The van der Waals surface area contributed by atoms with Crippen LogP contribution in [0.4, 0.5) is 0 Å². The first-order chi connectivity index (χ1) is 12.6. The molecule has 1 saturated heterocycles. The number of hydrogen-bond acceptors (Lipinski definition) is 6. The third kappa shape index (κ3) is 5.24. The lowest BCUT2D eigenvalue weighted by Crippen LogP contribution is -2.42. The molecule has 0 unspecified atom stereocenters. The highest BCUT2D eigenvalue weighted by Gasteiger charge is 2.28. The lowest BCUT2D eigenvalue weighted by atomic mass is 9.97. The van der Waals surface area contributed by atoms with E-state index in [-0.39, 0.29) is 35.8 Å². The number of esters is 1. The van der Waals surface area contributed by atoms with Crippen LogP contribution in [0.2, 0.25) is 0 Å². The fraction of sp³-hybridized carbons (Fsp3) is 0.611. The van der Waals surface area contributed by atoms with Crippen molar-refractivity contribution in [2.75, 3.05) is 32.8 Å². The molecular weight excluding hydrogens is 336 g/mol. The largest absolute Gasteiger partial charge is 0.466 e. The average Bonchev–Trinajstić information content (AvgIpc) is 2.69. The van der Waals surface area contributed by atoms with Crippen LogP contribution >= 0.6 is 0 Å². The highest BCUT2D eigenvalue weighted by Crippen LogP contribution is 2.19. The molecule has 0 bridgehead atoms. The fourth-order valence-electron chi connectivity index (χ4n) is 2.99. The number of amides is 2. The van der Waals surface area contributed by atoms with E-state index in [1.807, 2.05) is 6.92 Å². The number of carbonyl (C=O) groups excluding carboxylic acids is 3. The van der Waals surface area contributed by atoms with Crippen molar-refractivity contribution in [3.8, 4) is 0 Å². The molecule has 1 aromatic rings. The van der Waals surface area contributed by atoms with Gasteiger partial charge < -0.3 is 14.5 Å². The van der Waals surface area contributed by atoms with Crippen molar-refractivity contribution < 1.29 is 19.1 Å². The van der Waals surface area contributed by atoms with Gasteiger partial charge in [0.25, 0.3) is 5.91 Å². The highest BCUT2D eigenvalue weighted by molar-refractivity contribution is 5.92. The van der Waals surface area contributed by atoms with Gasteiger partial charge in [0, 0.05) is 45.0 Å². The van der Waals surface area contributed by atoms with Gasteiger partial charge in [0.2, 0.25) is 5.91 Å². The standard InChI is InChI=1S/C18H26N4O4/c1-3-21(17(24)15-13-19-8-9-20-15)12-7-16(23)22-10-5-14(6-11-22)18(25)26-4-2/h8-9,13-14H,3-7,10-12H2,1-2H3. The fourth-order valence-corrected chi connectivity index (χ4v) is 2.99. The smallest absolute Gasteiger partial charge is 0.309 e. The van der Waals surface area contributed by atoms with Crippen LogP contribution in [0.15, 0.2) is 18.6 Å². The van der Waals surface area contributed by atoms with E-state index in [2.05, 4.69) is 9.97 Å². The molecule has 142 valence electrons. The van der Waals surface area contributed by atoms with Gasteiger partial charge in [-0.3, -0.25) is 19.4 Å². The lowest BCUT2D eigenvalue weighted by molar-refractivity contribution is -0.151. The Kier molecular flexibility index (Phi) is 7.50. The predicted octanol–water partition coefficient (Wildman–Crippen LogP) is 1.13. The first-order valence-electron chi connectivity index (χ1n) is 9.06. The summed E-state index contributed by atoms with van der Waals surface area (Å²) in [4.78, 5) is 47.8. The number of nitrogens with zero attached hydrogens (tertiary/aromatic N) is 4. The van der Waals surface area contributed by atoms with Crippen molar-refractivity contribution in [1.29, 1.82) is 0 Å². The molecule has 0 saturated carbocycles. The molecule has 1 aliphatic rings. The molecule has 2 heterocycles. The van der Waals surface area contributed by atoms with E-state index in [1.54, 1.807) is 16.7 Å². The molecule has 26 heavy (non-hydrogen) atoms. The van der Waals surface area contributed by atoms with E-state index in [9.17, 15) is 14.4 Å². The third-order valence-corrected chi connectivity index (χ3v) is 4.51. The molecule has 2 rings (SSSR count). The summed E-state index contributed by atoms with van der Waals surface area (Å²) in [5, 5.41) is 0. The van der Waals surface area contributed by atoms with Crippen LogP contribution in [0.3, 0.4) is 0 Å². The molecule has 1 fully saturated rings. The number of likely N-dealkylation sites (tertiary alicyclic amines) is 1. The van der Waals surface area contributed by atoms with Crippen LogP contribution in [0.5, 0.6) is 0 Å². The van der Waals surface area contributed by atoms with Gasteiger partial charge in [-0.2, -0.15) is 0 Å². The predicted molar refractivity (Wildman–Crippen MR) is 94.2 cm³/mol. The topological polar surface area (TPSA) is 92.7 Å². The number of piperidine rings is 1. The second-order valence-electron chi connectivity index (χ2n) is 6.13. The number of carbonyl (C=O) groups is 3. The summed E-state index contributed by atoms with van der Waals surface area (Å²) in [7, 11) is 0. The minimum atomic E-state index is -0.227. The summed E-state index contributed by atoms with van der Waals surface area (Å²) in [5.41, 5.74) is 0.275. The Hall–Kier alpha value is -2.51. The van der Waals surface area contributed by atoms with E-state index in [4.69, 9.17) is 4.74 Å². The first-order valence-corrected chi connectivity index (χ1v) is 9.06.